The third kappa shape index (κ3) is 2.33. The molecule has 0 amide bonds. The molecule has 0 aliphatic carbocycles. The van der Waals surface area contributed by atoms with Crippen LogP contribution in [-0.2, 0) is 6.54 Å². The van der Waals surface area contributed by atoms with E-state index < -0.39 is 0 Å². The number of nitrogens with zero attached hydrogens (tertiary/aromatic N) is 2. The Labute approximate surface area is 84.7 Å². The van der Waals surface area contributed by atoms with Crippen LogP contribution in [0.25, 0.3) is 0 Å². The summed E-state index contributed by atoms with van der Waals surface area (Å²) in [5.74, 6) is 0. The fraction of sp³-hybridized carbons (Fsp3) is 0.700. The van der Waals surface area contributed by atoms with Gasteiger partial charge in [-0.1, -0.05) is 0 Å². The number of aromatic amines is 1. The largest absolute Gasteiger partial charge is 0.309 e. The van der Waals surface area contributed by atoms with E-state index in [1.165, 1.54) is 5.69 Å². The molecule has 14 heavy (non-hydrogen) atoms. The topological polar surface area (TPSA) is 44.0 Å². The first-order valence-corrected chi connectivity index (χ1v) is 5.20. The Hall–Kier alpha value is -0.870. The van der Waals surface area contributed by atoms with Crippen molar-refractivity contribution in [3.8, 4) is 0 Å². The van der Waals surface area contributed by atoms with Gasteiger partial charge in [0.1, 0.15) is 0 Å². The minimum absolute atomic E-state index is 0.585. The van der Waals surface area contributed by atoms with Crippen LogP contribution in [0.5, 0.6) is 0 Å². The highest BCUT2D eigenvalue weighted by molar-refractivity contribution is 4.98. The molecule has 0 radical (unpaired) electrons. The van der Waals surface area contributed by atoms with Crippen molar-refractivity contribution in [3.63, 3.8) is 0 Å². The van der Waals surface area contributed by atoms with Crippen LogP contribution in [0.15, 0.2) is 12.3 Å². The zero-order valence-corrected chi connectivity index (χ0v) is 8.83. The van der Waals surface area contributed by atoms with Gasteiger partial charge < -0.3 is 5.32 Å². The number of piperazine rings is 1. The van der Waals surface area contributed by atoms with Crippen molar-refractivity contribution in [2.24, 2.45) is 0 Å². The van der Waals surface area contributed by atoms with Gasteiger partial charge in [0.05, 0.1) is 0 Å². The van der Waals surface area contributed by atoms with Crippen LogP contribution in [0.3, 0.4) is 0 Å². The van der Waals surface area contributed by atoms with Crippen molar-refractivity contribution in [1.29, 1.82) is 0 Å². The minimum atomic E-state index is 0.585. The minimum Gasteiger partial charge on any atom is -0.309 e. The Morgan fingerprint density at radius 1 is 1.43 bits per heavy atom. The molecule has 2 heterocycles. The summed E-state index contributed by atoms with van der Waals surface area (Å²) in [5, 5.41) is 10.5. The highest BCUT2D eigenvalue weighted by atomic mass is 15.2. The summed E-state index contributed by atoms with van der Waals surface area (Å²) < 4.78 is 0. The fourth-order valence-corrected chi connectivity index (χ4v) is 2.18. The molecule has 1 saturated heterocycles. The van der Waals surface area contributed by atoms with Gasteiger partial charge >= 0.3 is 0 Å². The van der Waals surface area contributed by atoms with Crippen LogP contribution in [-0.4, -0.2) is 40.3 Å². The van der Waals surface area contributed by atoms with E-state index in [0.717, 1.165) is 19.6 Å². The molecule has 2 rings (SSSR count). The first-order valence-electron chi connectivity index (χ1n) is 5.20. The average molecular weight is 194 g/mol. The number of H-pyrrole nitrogens is 1. The zero-order valence-electron chi connectivity index (χ0n) is 8.83. The van der Waals surface area contributed by atoms with E-state index >= 15 is 0 Å². The van der Waals surface area contributed by atoms with Crippen LogP contribution >= 0.6 is 0 Å². The van der Waals surface area contributed by atoms with E-state index in [9.17, 15) is 0 Å². The van der Waals surface area contributed by atoms with Crippen molar-refractivity contribution < 1.29 is 0 Å². The van der Waals surface area contributed by atoms with Gasteiger partial charge in [0, 0.05) is 43.6 Å². The lowest BCUT2D eigenvalue weighted by atomic mass is 10.1. The molecule has 2 atom stereocenters. The van der Waals surface area contributed by atoms with Gasteiger partial charge in [-0.3, -0.25) is 10.00 Å². The van der Waals surface area contributed by atoms with E-state index in [1.807, 2.05) is 12.3 Å². The number of aromatic nitrogens is 2. The summed E-state index contributed by atoms with van der Waals surface area (Å²) in [7, 11) is 0. The maximum Gasteiger partial charge on any atom is 0.0492 e. The molecule has 0 bridgehead atoms. The summed E-state index contributed by atoms with van der Waals surface area (Å²) in [5.41, 5.74) is 1.20. The van der Waals surface area contributed by atoms with Gasteiger partial charge in [0.25, 0.3) is 0 Å². The SMILES string of the molecule is CC1CN(Cc2ccn[nH]2)CC(C)N1. The second-order valence-corrected chi connectivity index (χ2v) is 4.24. The fourth-order valence-electron chi connectivity index (χ4n) is 2.18. The molecule has 1 fully saturated rings. The normalized spacial score (nSPS) is 29.3. The number of hydrogen-bond acceptors (Lipinski definition) is 3. The second-order valence-electron chi connectivity index (χ2n) is 4.24. The van der Waals surface area contributed by atoms with Crippen molar-refractivity contribution in [1.82, 2.24) is 20.4 Å². The lowest BCUT2D eigenvalue weighted by Gasteiger charge is -2.35. The van der Waals surface area contributed by atoms with Crippen molar-refractivity contribution in [2.45, 2.75) is 32.5 Å². The highest BCUT2D eigenvalue weighted by Crippen LogP contribution is 2.07. The maximum absolute atomic E-state index is 3.96. The molecule has 4 nitrogen and oxygen atoms in total. The van der Waals surface area contributed by atoms with E-state index in [4.69, 9.17) is 0 Å². The molecular weight excluding hydrogens is 176 g/mol. The highest BCUT2D eigenvalue weighted by Gasteiger charge is 2.20. The molecule has 0 aromatic carbocycles. The monoisotopic (exact) mass is 194 g/mol. The van der Waals surface area contributed by atoms with Crippen LogP contribution in [0.4, 0.5) is 0 Å². The molecule has 2 N–H and O–H groups in total. The van der Waals surface area contributed by atoms with E-state index in [1.54, 1.807) is 0 Å². The first-order chi connectivity index (χ1) is 6.74. The zero-order chi connectivity index (χ0) is 9.97. The van der Waals surface area contributed by atoms with Gasteiger partial charge in [0.2, 0.25) is 0 Å². The van der Waals surface area contributed by atoms with Gasteiger partial charge in [-0.25, -0.2) is 0 Å². The third-order valence-electron chi connectivity index (χ3n) is 2.59. The average Bonchev–Trinajstić information content (AvgIpc) is 2.54. The van der Waals surface area contributed by atoms with Crippen LogP contribution in [0.1, 0.15) is 19.5 Å². The Morgan fingerprint density at radius 2 is 2.14 bits per heavy atom. The Bertz CT molecular complexity index is 260. The Morgan fingerprint density at radius 3 is 2.71 bits per heavy atom. The molecule has 0 spiro atoms. The van der Waals surface area contributed by atoms with E-state index in [-0.39, 0.29) is 0 Å². The molecule has 1 aliphatic heterocycles. The van der Waals surface area contributed by atoms with Crippen LogP contribution in [0, 0.1) is 0 Å². The van der Waals surface area contributed by atoms with Gasteiger partial charge in [-0.15, -0.1) is 0 Å². The second kappa shape index (κ2) is 4.11. The molecule has 4 heteroatoms. The van der Waals surface area contributed by atoms with E-state index in [0.29, 0.717) is 12.1 Å². The summed E-state index contributed by atoms with van der Waals surface area (Å²) in [6.07, 6.45) is 1.81. The molecular formula is C10H18N4. The van der Waals surface area contributed by atoms with Crippen molar-refractivity contribution >= 4 is 0 Å². The third-order valence-corrected chi connectivity index (χ3v) is 2.59. The van der Waals surface area contributed by atoms with Gasteiger partial charge in [0.15, 0.2) is 0 Å². The number of nitrogens with one attached hydrogen (secondary N) is 2. The molecule has 2 unspecified atom stereocenters. The first kappa shape index (κ1) is 9.68. The molecule has 1 aromatic heterocycles. The summed E-state index contributed by atoms with van der Waals surface area (Å²) in [6.45, 7) is 7.67. The molecule has 78 valence electrons. The summed E-state index contributed by atoms with van der Waals surface area (Å²) in [4.78, 5) is 2.46. The van der Waals surface area contributed by atoms with Crippen LogP contribution in [0.2, 0.25) is 0 Å². The van der Waals surface area contributed by atoms with Crippen molar-refractivity contribution in [3.05, 3.63) is 18.0 Å². The van der Waals surface area contributed by atoms with Gasteiger partial charge in [-0.05, 0) is 19.9 Å². The van der Waals surface area contributed by atoms with Gasteiger partial charge in [-0.2, -0.15) is 5.10 Å². The Balaban J connectivity index is 1.91. The predicted octanol–water partition coefficient (Wildman–Crippen LogP) is 0.592. The predicted molar refractivity (Wildman–Crippen MR) is 55.9 cm³/mol. The summed E-state index contributed by atoms with van der Waals surface area (Å²) >= 11 is 0. The molecule has 0 saturated carbocycles. The smallest absolute Gasteiger partial charge is 0.0492 e. The summed E-state index contributed by atoms with van der Waals surface area (Å²) in [6, 6.07) is 3.21. The molecule has 1 aromatic rings. The standard InChI is InChI=1S/C10H18N4/c1-8-5-14(6-9(2)12-8)7-10-3-4-11-13-10/h3-4,8-9,12H,5-7H2,1-2H3,(H,11,13). The maximum atomic E-state index is 3.96. The van der Waals surface area contributed by atoms with Crippen LogP contribution < -0.4 is 5.32 Å². The quantitative estimate of drug-likeness (QED) is 0.724. The molecule has 1 aliphatic rings. The van der Waals surface area contributed by atoms with E-state index in [2.05, 4.69) is 34.3 Å². The lowest BCUT2D eigenvalue weighted by molar-refractivity contribution is 0.165. The Kier molecular flexibility index (Phi) is 2.84. The number of rotatable bonds is 2. The van der Waals surface area contributed by atoms with Crippen molar-refractivity contribution in [2.75, 3.05) is 13.1 Å². The number of hydrogen-bond donors (Lipinski definition) is 2. The lowest BCUT2D eigenvalue weighted by Crippen LogP contribution is -2.53.